The van der Waals surface area contributed by atoms with Gasteiger partial charge in [0, 0.05) is 10.8 Å². The number of halogens is 1. The molecular formula is C22H14FNO4S. The van der Waals surface area contributed by atoms with Crippen LogP contribution in [0.25, 0.3) is 32.8 Å². The van der Waals surface area contributed by atoms with Crippen LogP contribution in [0.2, 0.25) is 0 Å². The third-order valence-corrected chi connectivity index (χ3v) is 6.72. The van der Waals surface area contributed by atoms with E-state index in [0.29, 0.717) is 16.3 Å². The lowest BCUT2D eigenvalue weighted by Crippen LogP contribution is -2.13. The van der Waals surface area contributed by atoms with E-state index in [0.717, 1.165) is 11.6 Å². The Balaban J connectivity index is 2.04. The minimum absolute atomic E-state index is 0.0133. The summed E-state index contributed by atoms with van der Waals surface area (Å²) in [6, 6.07) is 16.9. The van der Waals surface area contributed by atoms with E-state index in [4.69, 9.17) is 4.42 Å². The number of para-hydroxylation sites is 1. The van der Waals surface area contributed by atoms with Gasteiger partial charge < -0.3 is 4.42 Å². The molecule has 0 aliphatic rings. The predicted molar refractivity (Wildman–Crippen MR) is 109 cm³/mol. The lowest BCUT2D eigenvalue weighted by atomic mass is 10.1. The molecule has 29 heavy (non-hydrogen) atoms. The first-order valence-electron chi connectivity index (χ1n) is 8.86. The van der Waals surface area contributed by atoms with E-state index in [2.05, 4.69) is 0 Å². The van der Waals surface area contributed by atoms with E-state index in [1.807, 2.05) is 6.92 Å². The number of benzene rings is 3. The summed E-state index contributed by atoms with van der Waals surface area (Å²) in [6.45, 7) is 1.87. The molecule has 5 nitrogen and oxygen atoms in total. The number of hydrogen-bond acceptors (Lipinski definition) is 4. The van der Waals surface area contributed by atoms with E-state index >= 15 is 0 Å². The number of aryl methyl sites for hydroxylation is 1. The number of fused-ring (bicyclic) bond motifs is 5. The average molecular weight is 407 g/mol. The third-order valence-electron chi connectivity index (χ3n) is 5.00. The Kier molecular flexibility index (Phi) is 3.66. The number of hydrogen-bond donors (Lipinski definition) is 0. The van der Waals surface area contributed by atoms with Crippen molar-refractivity contribution >= 4 is 42.8 Å². The van der Waals surface area contributed by atoms with Gasteiger partial charge in [0.1, 0.15) is 11.3 Å². The van der Waals surface area contributed by atoms with Crippen molar-refractivity contribution in [1.29, 1.82) is 0 Å². The summed E-state index contributed by atoms with van der Waals surface area (Å²) in [6.07, 6.45) is 0. The molecule has 5 rings (SSSR count). The van der Waals surface area contributed by atoms with Crippen molar-refractivity contribution in [3.8, 4) is 0 Å². The minimum atomic E-state index is -4.02. The lowest BCUT2D eigenvalue weighted by molar-refractivity contribution is 0.569. The van der Waals surface area contributed by atoms with Gasteiger partial charge in [0.25, 0.3) is 10.0 Å². The van der Waals surface area contributed by atoms with Crippen molar-refractivity contribution in [2.75, 3.05) is 0 Å². The summed E-state index contributed by atoms with van der Waals surface area (Å²) in [4.78, 5) is 12.6. The second-order valence-electron chi connectivity index (χ2n) is 6.86. The SMILES string of the molecule is Cc1ccc(S(=O)(=O)n2c3ccccc3c3oc(=O)c4cc(F)ccc4c32)cc1. The minimum Gasteiger partial charge on any atom is -0.420 e. The van der Waals surface area contributed by atoms with E-state index in [1.165, 1.54) is 28.2 Å². The fourth-order valence-corrected chi connectivity index (χ4v) is 5.15. The van der Waals surface area contributed by atoms with Crippen LogP contribution in [0.3, 0.4) is 0 Å². The van der Waals surface area contributed by atoms with Gasteiger partial charge in [-0.2, -0.15) is 0 Å². The van der Waals surface area contributed by atoms with Crippen molar-refractivity contribution in [3.05, 3.63) is 88.5 Å². The standard InChI is InChI=1S/C22H14FNO4S/c1-13-6-9-15(10-7-13)29(26,27)24-19-5-3-2-4-17(19)21-20(24)16-11-8-14(23)12-18(16)22(25)28-21/h2-12H,1H3. The van der Waals surface area contributed by atoms with Crippen LogP contribution in [-0.2, 0) is 10.0 Å². The van der Waals surface area contributed by atoms with Crippen molar-refractivity contribution in [2.45, 2.75) is 11.8 Å². The Morgan fingerprint density at radius 3 is 2.38 bits per heavy atom. The zero-order chi connectivity index (χ0) is 20.3. The van der Waals surface area contributed by atoms with Gasteiger partial charge >= 0.3 is 5.63 Å². The highest BCUT2D eigenvalue weighted by Crippen LogP contribution is 2.35. The number of rotatable bonds is 2. The van der Waals surface area contributed by atoms with Crippen LogP contribution in [0.5, 0.6) is 0 Å². The van der Waals surface area contributed by atoms with Crippen LogP contribution in [0.1, 0.15) is 5.56 Å². The molecule has 0 saturated heterocycles. The summed E-state index contributed by atoms with van der Waals surface area (Å²) >= 11 is 0. The van der Waals surface area contributed by atoms with Crippen molar-refractivity contribution < 1.29 is 17.2 Å². The molecule has 0 amide bonds. The molecule has 3 aromatic carbocycles. The summed E-state index contributed by atoms with van der Waals surface area (Å²) in [5.74, 6) is -0.604. The normalized spacial score (nSPS) is 12.2. The Labute approximate surface area is 164 Å². The molecule has 2 heterocycles. The summed E-state index contributed by atoms with van der Waals surface area (Å²) in [5.41, 5.74) is 0.950. The summed E-state index contributed by atoms with van der Waals surface area (Å²) in [5, 5.41) is 0.784. The molecule has 0 fully saturated rings. The molecule has 0 N–H and O–H groups in total. The molecule has 0 radical (unpaired) electrons. The van der Waals surface area contributed by atoms with Gasteiger partial charge in [0.2, 0.25) is 0 Å². The highest BCUT2D eigenvalue weighted by molar-refractivity contribution is 7.90. The molecule has 0 bridgehead atoms. The second kappa shape index (κ2) is 6.02. The van der Waals surface area contributed by atoms with Gasteiger partial charge in [-0.25, -0.2) is 21.6 Å². The zero-order valence-electron chi connectivity index (χ0n) is 15.2. The third kappa shape index (κ3) is 2.51. The Morgan fingerprint density at radius 1 is 0.897 bits per heavy atom. The maximum absolute atomic E-state index is 13.8. The molecule has 7 heteroatoms. The highest BCUT2D eigenvalue weighted by atomic mass is 32.2. The Morgan fingerprint density at radius 2 is 1.62 bits per heavy atom. The van der Waals surface area contributed by atoms with Gasteiger partial charge in [0.05, 0.1) is 15.8 Å². The smallest absolute Gasteiger partial charge is 0.344 e. The quantitative estimate of drug-likeness (QED) is 0.429. The van der Waals surface area contributed by atoms with Crippen LogP contribution in [0.4, 0.5) is 4.39 Å². The predicted octanol–water partition coefficient (Wildman–Crippen LogP) is 4.59. The fraction of sp³-hybridized carbons (Fsp3) is 0.0455. The molecule has 0 aliphatic heterocycles. The fourth-order valence-electron chi connectivity index (χ4n) is 3.62. The Hall–Kier alpha value is -3.45. The highest BCUT2D eigenvalue weighted by Gasteiger charge is 2.26. The Bertz CT molecular complexity index is 1600. The molecule has 0 spiro atoms. The second-order valence-corrected chi connectivity index (χ2v) is 8.64. The molecule has 0 atom stereocenters. The number of aromatic nitrogens is 1. The van der Waals surface area contributed by atoms with Gasteiger partial charge in [-0.15, -0.1) is 0 Å². The molecular weight excluding hydrogens is 393 g/mol. The maximum atomic E-state index is 13.8. The van der Waals surface area contributed by atoms with Crippen molar-refractivity contribution in [2.24, 2.45) is 0 Å². The average Bonchev–Trinajstić information content (AvgIpc) is 3.04. The summed E-state index contributed by atoms with van der Waals surface area (Å²) < 4.78 is 47.6. The lowest BCUT2D eigenvalue weighted by Gasteiger charge is -2.10. The topological polar surface area (TPSA) is 69.3 Å². The van der Waals surface area contributed by atoms with Crippen molar-refractivity contribution in [3.63, 3.8) is 0 Å². The molecule has 0 saturated carbocycles. The largest absolute Gasteiger partial charge is 0.420 e. The van der Waals surface area contributed by atoms with E-state index < -0.39 is 21.5 Å². The van der Waals surface area contributed by atoms with Crippen LogP contribution in [-0.4, -0.2) is 12.4 Å². The monoisotopic (exact) mass is 407 g/mol. The summed E-state index contributed by atoms with van der Waals surface area (Å²) in [7, 11) is -4.02. The van der Waals surface area contributed by atoms with Crippen LogP contribution in [0, 0.1) is 12.7 Å². The van der Waals surface area contributed by atoms with Gasteiger partial charge in [-0.05, 0) is 49.4 Å². The molecule has 0 aliphatic carbocycles. The van der Waals surface area contributed by atoms with Crippen LogP contribution < -0.4 is 5.63 Å². The van der Waals surface area contributed by atoms with Crippen LogP contribution in [0.15, 0.2) is 80.8 Å². The van der Waals surface area contributed by atoms with Gasteiger partial charge in [-0.3, -0.25) is 0 Å². The first kappa shape index (κ1) is 17.6. The van der Waals surface area contributed by atoms with Gasteiger partial charge in [0.15, 0.2) is 5.58 Å². The molecule has 0 unspecified atom stereocenters. The molecule has 144 valence electrons. The molecule has 5 aromatic rings. The van der Waals surface area contributed by atoms with Crippen molar-refractivity contribution in [1.82, 2.24) is 3.97 Å². The van der Waals surface area contributed by atoms with E-state index in [9.17, 15) is 17.6 Å². The van der Waals surface area contributed by atoms with E-state index in [1.54, 1.807) is 36.4 Å². The number of nitrogens with zero attached hydrogens (tertiary/aromatic N) is 1. The zero-order valence-corrected chi connectivity index (χ0v) is 16.0. The maximum Gasteiger partial charge on any atom is 0.344 e. The van der Waals surface area contributed by atoms with Gasteiger partial charge in [-0.1, -0.05) is 29.8 Å². The van der Waals surface area contributed by atoms with Crippen LogP contribution >= 0.6 is 0 Å². The molecule has 2 aromatic heterocycles. The first-order valence-corrected chi connectivity index (χ1v) is 10.3. The van der Waals surface area contributed by atoms with E-state index in [-0.39, 0.29) is 21.4 Å². The first-order chi connectivity index (χ1) is 13.9.